The van der Waals surface area contributed by atoms with Gasteiger partial charge in [0.1, 0.15) is 6.61 Å². The van der Waals surface area contributed by atoms with E-state index < -0.39 is 17.3 Å². The number of carbonyl (C=O) groups excluding carboxylic acids is 1. The van der Waals surface area contributed by atoms with Crippen LogP contribution in [0.5, 0.6) is 5.88 Å². The Hall–Kier alpha value is -2.62. The van der Waals surface area contributed by atoms with Crippen LogP contribution in [0.25, 0.3) is 11.0 Å². The summed E-state index contributed by atoms with van der Waals surface area (Å²) in [6.07, 6.45) is 0.712. The SMILES string of the molecule is CCN(C(=O)C(C)C)[C@H]1CCN(c2nc3cc(F)c(F)cc3nc2OCC2(F)COC2)C1. The highest BCUT2D eigenvalue weighted by Gasteiger charge is 2.41. The fourth-order valence-electron chi connectivity index (χ4n) is 4.05. The van der Waals surface area contributed by atoms with E-state index in [1.54, 1.807) is 0 Å². The number of nitrogens with zero attached hydrogens (tertiary/aromatic N) is 4. The number of alkyl halides is 1. The van der Waals surface area contributed by atoms with Crippen LogP contribution >= 0.6 is 0 Å². The van der Waals surface area contributed by atoms with Gasteiger partial charge in [0.05, 0.1) is 30.3 Å². The Kier molecular flexibility index (Phi) is 6.15. The number of fused-ring (bicyclic) bond motifs is 1. The maximum Gasteiger partial charge on any atom is 0.258 e. The Bertz CT molecular complexity index is 1020. The highest BCUT2D eigenvalue weighted by Crippen LogP contribution is 2.33. The van der Waals surface area contributed by atoms with Crippen molar-refractivity contribution in [2.24, 2.45) is 5.92 Å². The third-order valence-corrected chi connectivity index (χ3v) is 5.87. The summed E-state index contributed by atoms with van der Waals surface area (Å²) >= 11 is 0. The average Bonchev–Trinajstić information content (AvgIpc) is 3.21. The van der Waals surface area contributed by atoms with Crippen LogP contribution in [0.4, 0.5) is 19.0 Å². The smallest absolute Gasteiger partial charge is 0.258 e. The van der Waals surface area contributed by atoms with E-state index in [2.05, 4.69) is 9.97 Å². The molecule has 4 rings (SSSR count). The van der Waals surface area contributed by atoms with Gasteiger partial charge in [0.15, 0.2) is 23.1 Å². The maximum absolute atomic E-state index is 14.4. The van der Waals surface area contributed by atoms with Crippen molar-refractivity contribution in [3.8, 4) is 5.88 Å². The number of likely N-dealkylation sites (N-methyl/N-ethyl adjacent to an activating group) is 1. The largest absolute Gasteiger partial charge is 0.471 e. The lowest BCUT2D eigenvalue weighted by molar-refractivity contribution is -0.146. The van der Waals surface area contributed by atoms with Crippen molar-refractivity contribution in [1.29, 1.82) is 0 Å². The number of benzene rings is 1. The van der Waals surface area contributed by atoms with Gasteiger partial charge in [-0.2, -0.15) is 0 Å². The molecule has 1 aromatic carbocycles. The Labute approximate surface area is 184 Å². The van der Waals surface area contributed by atoms with Crippen molar-refractivity contribution in [1.82, 2.24) is 14.9 Å². The second-order valence-corrected chi connectivity index (χ2v) is 8.71. The van der Waals surface area contributed by atoms with Crippen molar-refractivity contribution in [3.63, 3.8) is 0 Å². The van der Waals surface area contributed by atoms with Gasteiger partial charge in [-0.1, -0.05) is 13.8 Å². The minimum atomic E-state index is -1.61. The van der Waals surface area contributed by atoms with Crippen LogP contribution in [0, 0.1) is 17.6 Å². The van der Waals surface area contributed by atoms with E-state index in [4.69, 9.17) is 9.47 Å². The molecule has 0 saturated carbocycles. The van der Waals surface area contributed by atoms with E-state index >= 15 is 0 Å². The van der Waals surface area contributed by atoms with Crippen molar-refractivity contribution >= 4 is 22.8 Å². The Morgan fingerprint density at radius 1 is 1.28 bits per heavy atom. The molecule has 174 valence electrons. The first-order chi connectivity index (χ1) is 15.2. The minimum absolute atomic E-state index is 0.0299. The van der Waals surface area contributed by atoms with Gasteiger partial charge >= 0.3 is 0 Å². The van der Waals surface area contributed by atoms with Crippen LogP contribution in [0.2, 0.25) is 0 Å². The fourth-order valence-corrected chi connectivity index (χ4v) is 4.05. The van der Waals surface area contributed by atoms with Crippen molar-refractivity contribution in [3.05, 3.63) is 23.8 Å². The first-order valence-corrected chi connectivity index (χ1v) is 10.8. The molecule has 2 saturated heterocycles. The average molecular weight is 452 g/mol. The zero-order valence-electron chi connectivity index (χ0n) is 18.4. The summed E-state index contributed by atoms with van der Waals surface area (Å²) < 4.78 is 52.6. The molecule has 0 bridgehead atoms. The highest BCUT2D eigenvalue weighted by atomic mass is 19.2. The van der Waals surface area contributed by atoms with Crippen LogP contribution in [-0.2, 0) is 9.53 Å². The number of hydrogen-bond acceptors (Lipinski definition) is 6. The molecule has 1 amide bonds. The third kappa shape index (κ3) is 4.32. The van der Waals surface area contributed by atoms with Crippen molar-refractivity contribution in [2.75, 3.05) is 44.4 Å². The number of anilines is 1. The number of amides is 1. The van der Waals surface area contributed by atoms with E-state index in [0.29, 0.717) is 31.9 Å². The predicted octanol–water partition coefficient (Wildman–Crippen LogP) is 3.11. The molecule has 0 aliphatic carbocycles. The number of hydrogen-bond donors (Lipinski definition) is 0. The van der Waals surface area contributed by atoms with Gasteiger partial charge in [0, 0.05) is 37.7 Å². The lowest BCUT2D eigenvalue weighted by Gasteiger charge is -2.33. The fraction of sp³-hybridized carbons (Fsp3) is 0.591. The molecule has 7 nitrogen and oxygen atoms in total. The molecular weight excluding hydrogens is 425 g/mol. The zero-order chi connectivity index (χ0) is 23.0. The zero-order valence-corrected chi connectivity index (χ0v) is 18.4. The molecule has 10 heteroatoms. The van der Waals surface area contributed by atoms with Crippen LogP contribution < -0.4 is 9.64 Å². The highest BCUT2D eigenvalue weighted by molar-refractivity contribution is 5.79. The summed E-state index contributed by atoms with van der Waals surface area (Å²) in [5.41, 5.74) is -1.33. The van der Waals surface area contributed by atoms with Crippen molar-refractivity contribution in [2.45, 2.75) is 38.9 Å². The molecule has 0 radical (unpaired) electrons. The lowest BCUT2D eigenvalue weighted by atomic mass is 10.1. The Morgan fingerprint density at radius 2 is 1.94 bits per heavy atom. The maximum atomic E-state index is 14.4. The van der Waals surface area contributed by atoms with Gasteiger partial charge in [0.2, 0.25) is 5.91 Å². The van der Waals surface area contributed by atoms with Crippen molar-refractivity contribution < 1.29 is 27.4 Å². The summed E-state index contributed by atoms with van der Waals surface area (Å²) in [6.45, 7) is 6.87. The number of carbonyl (C=O) groups is 1. The number of rotatable bonds is 7. The summed E-state index contributed by atoms with van der Waals surface area (Å²) in [5, 5.41) is 0. The summed E-state index contributed by atoms with van der Waals surface area (Å²) in [7, 11) is 0. The van der Waals surface area contributed by atoms with E-state index in [9.17, 15) is 18.0 Å². The third-order valence-electron chi connectivity index (χ3n) is 5.87. The number of ether oxygens (including phenoxy) is 2. The van der Waals surface area contributed by atoms with Crippen LogP contribution in [0.15, 0.2) is 12.1 Å². The van der Waals surface area contributed by atoms with Gasteiger partial charge in [-0.15, -0.1) is 0 Å². The van der Waals surface area contributed by atoms with Gasteiger partial charge in [-0.05, 0) is 13.3 Å². The molecule has 3 heterocycles. The molecule has 2 aliphatic rings. The van der Waals surface area contributed by atoms with E-state index in [1.807, 2.05) is 30.6 Å². The minimum Gasteiger partial charge on any atom is -0.471 e. The van der Waals surface area contributed by atoms with Gasteiger partial charge in [0.25, 0.3) is 5.88 Å². The topological polar surface area (TPSA) is 67.8 Å². The molecule has 0 spiro atoms. The normalized spacial score (nSPS) is 20.0. The molecule has 32 heavy (non-hydrogen) atoms. The predicted molar refractivity (Wildman–Crippen MR) is 112 cm³/mol. The van der Waals surface area contributed by atoms with Gasteiger partial charge in [-0.3, -0.25) is 4.79 Å². The molecule has 1 aromatic heterocycles. The lowest BCUT2D eigenvalue weighted by Crippen LogP contribution is -2.50. The number of aromatic nitrogens is 2. The molecule has 1 atom stereocenters. The monoisotopic (exact) mass is 452 g/mol. The van der Waals surface area contributed by atoms with Gasteiger partial charge in [-0.25, -0.2) is 23.1 Å². The standard InChI is InChI=1S/C22H27F3N4O3/c1-4-29(21(30)13(2)3)14-5-6-28(9-14)19-20(32-12-22(25)10-31-11-22)27-18-8-16(24)15(23)7-17(18)26-19/h7-8,13-14H,4-6,9-12H2,1-3H3/t14-/m0/s1. The summed E-state index contributed by atoms with van der Waals surface area (Å²) in [5.74, 6) is -1.75. The van der Waals surface area contributed by atoms with Crippen LogP contribution in [0.3, 0.4) is 0 Å². The van der Waals surface area contributed by atoms with E-state index in [1.165, 1.54) is 0 Å². The van der Waals surface area contributed by atoms with Gasteiger partial charge < -0.3 is 19.3 Å². The molecule has 2 aromatic rings. The van der Waals surface area contributed by atoms with E-state index in [0.717, 1.165) is 12.1 Å². The van der Waals surface area contributed by atoms with E-state index in [-0.39, 0.29) is 54.6 Å². The quantitative estimate of drug-likeness (QED) is 0.643. The number of halogens is 3. The first-order valence-electron chi connectivity index (χ1n) is 10.8. The summed E-state index contributed by atoms with van der Waals surface area (Å²) in [6, 6.07) is 1.90. The molecule has 0 unspecified atom stereocenters. The Balaban J connectivity index is 1.64. The Morgan fingerprint density at radius 3 is 2.50 bits per heavy atom. The first kappa shape index (κ1) is 22.6. The molecular formula is C22H27F3N4O3. The molecule has 2 aliphatic heterocycles. The second kappa shape index (κ2) is 8.73. The molecule has 0 N–H and O–H groups in total. The summed E-state index contributed by atoms with van der Waals surface area (Å²) in [4.78, 5) is 25.1. The molecule has 2 fully saturated rings. The van der Waals surface area contributed by atoms with Crippen LogP contribution in [-0.4, -0.2) is 71.9 Å². The second-order valence-electron chi connectivity index (χ2n) is 8.71. The van der Waals surface area contributed by atoms with Crippen LogP contribution in [0.1, 0.15) is 27.2 Å².